The van der Waals surface area contributed by atoms with Crippen molar-refractivity contribution in [3.8, 4) is 5.75 Å². The first-order valence-electron chi connectivity index (χ1n) is 9.79. The van der Waals surface area contributed by atoms with Gasteiger partial charge in [-0.3, -0.25) is 0 Å². The van der Waals surface area contributed by atoms with E-state index in [1.165, 1.54) is 29.5 Å². The first-order valence-corrected chi connectivity index (χ1v) is 10.6. The van der Waals surface area contributed by atoms with Gasteiger partial charge < -0.3 is 25.0 Å². The number of hydrogen-bond acceptors (Lipinski definition) is 7. The van der Waals surface area contributed by atoms with Crippen molar-refractivity contribution in [1.29, 1.82) is 0 Å². The number of ether oxygens (including phenoxy) is 1. The number of fused-ring (bicyclic) bond motifs is 2. The van der Waals surface area contributed by atoms with Crippen LogP contribution >= 0.6 is 11.3 Å². The predicted octanol–water partition coefficient (Wildman–Crippen LogP) is 4.69. The van der Waals surface area contributed by atoms with E-state index in [1.807, 2.05) is 29.8 Å². The first kappa shape index (κ1) is 22.3. The van der Waals surface area contributed by atoms with Crippen LogP contribution in [-0.2, 0) is 13.6 Å². The number of benzene rings is 2. The minimum atomic E-state index is -4.74. The largest absolute Gasteiger partial charge is 0.573 e. The molecule has 2 aromatic carbocycles. The number of nitrogens with zero attached hydrogens (tertiary/aromatic N) is 3. The monoisotopic (exact) mass is 465 g/mol. The van der Waals surface area contributed by atoms with Crippen LogP contribution in [0, 0.1) is 0 Å². The highest BCUT2D eigenvalue weighted by atomic mass is 32.1. The molecule has 0 saturated heterocycles. The van der Waals surface area contributed by atoms with E-state index < -0.39 is 12.0 Å². The Kier molecular flexibility index (Phi) is 5.74. The molecule has 0 amide bonds. The lowest BCUT2D eigenvalue weighted by molar-refractivity contribution is -0.274. The topological polar surface area (TPSA) is 84.2 Å². The molecule has 4 rings (SSSR count). The molecule has 0 atom stereocenters. The quantitative estimate of drug-likeness (QED) is 0.367. The maximum absolute atomic E-state index is 12.5. The van der Waals surface area contributed by atoms with Gasteiger partial charge in [0.1, 0.15) is 5.75 Å². The summed E-state index contributed by atoms with van der Waals surface area (Å²) in [6, 6.07) is 9.96. The molecule has 0 aliphatic rings. The van der Waals surface area contributed by atoms with Crippen LogP contribution in [0.2, 0.25) is 0 Å². The Morgan fingerprint density at radius 2 is 1.88 bits per heavy atom. The fraction of sp³-hybridized carbons (Fsp3) is 0.333. The molecule has 0 aliphatic carbocycles. The molecule has 0 saturated carbocycles. The van der Waals surface area contributed by atoms with E-state index in [4.69, 9.17) is 0 Å². The lowest BCUT2D eigenvalue weighted by atomic mass is 10.1. The number of aliphatic hydroxyl groups is 1. The molecule has 0 aliphatic heterocycles. The average Bonchev–Trinajstić information content (AvgIpc) is 3.19. The van der Waals surface area contributed by atoms with Crippen molar-refractivity contribution in [3.05, 3.63) is 42.0 Å². The molecule has 170 valence electrons. The second-order valence-electron chi connectivity index (χ2n) is 8.05. The summed E-state index contributed by atoms with van der Waals surface area (Å²) in [5.41, 5.74) is 2.51. The number of halogens is 3. The third-order valence-electron chi connectivity index (χ3n) is 4.64. The van der Waals surface area contributed by atoms with E-state index >= 15 is 0 Å². The highest BCUT2D eigenvalue weighted by Crippen LogP contribution is 2.33. The predicted molar refractivity (Wildman–Crippen MR) is 118 cm³/mol. The third kappa shape index (κ3) is 5.29. The van der Waals surface area contributed by atoms with Gasteiger partial charge in [-0.25, -0.2) is 9.97 Å². The second-order valence-corrected chi connectivity index (χ2v) is 9.09. The van der Waals surface area contributed by atoms with Crippen molar-refractivity contribution in [3.63, 3.8) is 0 Å². The Hall–Kier alpha value is -2.89. The Balaban J connectivity index is 1.53. The normalized spacial score (nSPS) is 12.6. The van der Waals surface area contributed by atoms with E-state index in [2.05, 4.69) is 25.3 Å². The summed E-state index contributed by atoms with van der Waals surface area (Å²) in [5.74, 6) is 0.279. The molecule has 0 fully saturated rings. The molecule has 3 N–H and O–H groups in total. The molecule has 0 radical (unpaired) electrons. The molecule has 11 heteroatoms. The summed E-state index contributed by atoms with van der Waals surface area (Å²) in [7, 11) is 1.87. The summed E-state index contributed by atoms with van der Waals surface area (Å²) in [6.07, 6.45) is -4.74. The van der Waals surface area contributed by atoms with Crippen molar-refractivity contribution >= 4 is 43.7 Å². The van der Waals surface area contributed by atoms with Crippen LogP contribution in [0.5, 0.6) is 5.75 Å². The Bertz CT molecular complexity index is 1260. The molecular formula is C21H22F3N5O2S. The van der Waals surface area contributed by atoms with Gasteiger partial charge in [-0.05, 0) is 43.7 Å². The number of alkyl halides is 3. The Labute approximate surface area is 185 Å². The van der Waals surface area contributed by atoms with Gasteiger partial charge in [-0.2, -0.15) is 0 Å². The van der Waals surface area contributed by atoms with Crippen LogP contribution in [0.15, 0.2) is 36.4 Å². The number of imidazole rings is 1. The van der Waals surface area contributed by atoms with Gasteiger partial charge in [0.05, 0.1) is 26.9 Å². The van der Waals surface area contributed by atoms with Crippen LogP contribution in [0.25, 0.3) is 21.3 Å². The van der Waals surface area contributed by atoms with Crippen LogP contribution in [-0.4, -0.2) is 38.1 Å². The van der Waals surface area contributed by atoms with Gasteiger partial charge in [0, 0.05) is 26.2 Å². The zero-order valence-corrected chi connectivity index (χ0v) is 18.4. The van der Waals surface area contributed by atoms with Gasteiger partial charge in [-0.1, -0.05) is 17.4 Å². The molecular weight excluding hydrogens is 443 g/mol. The minimum Gasteiger partial charge on any atom is -0.406 e. The molecule has 0 spiro atoms. The van der Waals surface area contributed by atoms with Gasteiger partial charge in [-0.15, -0.1) is 13.2 Å². The summed E-state index contributed by atoms with van der Waals surface area (Å²) in [6.45, 7) is 4.55. The van der Waals surface area contributed by atoms with Crippen molar-refractivity contribution < 1.29 is 23.0 Å². The number of aromatic nitrogens is 3. The number of thiazole rings is 1. The summed E-state index contributed by atoms with van der Waals surface area (Å²) in [5, 5.41) is 16.7. The number of rotatable bonds is 7. The van der Waals surface area contributed by atoms with E-state index in [-0.39, 0.29) is 5.75 Å². The minimum absolute atomic E-state index is 0.284. The van der Waals surface area contributed by atoms with E-state index in [0.29, 0.717) is 34.4 Å². The fourth-order valence-corrected chi connectivity index (χ4v) is 4.12. The maximum Gasteiger partial charge on any atom is 0.573 e. The fourth-order valence-electron chi connectivity index (χ4n) is 3.23. The van der Waals surface area contributed by atoms with Crippen LogP contribution in [0.4, 0.5) is 24.3 Å². The van der Waals surface area contributed by atoms with E-state index in [0.717, 1.165) is 16.6 Å². The second kappa shape index (κ2) is 8.23. The van der Waals surface area contributed by atoms with Gasteiger partial charge in [0.25, 0.3) is 0 Å². The van der Waals surface area contributed by atoms with Gasteiger partial charge in [0.2, 0.25) is 5.95 Å². The van der Waals surface area contributed by atoms with E-state index in [9.17, 15) is 18.3 Å². The van der Waals surface area contributed by atoms with Crippen LogP contribution in [0.3, 0.4) is 0 Å². The standard InChI is InChI=1S/C21H22F3N5O2S/c1-20(2,30)11-25-10-12-4-7-16-15(8-12)26-18(29(16)3)28-19-27-14-6-5-13(9-17(14)32-19)31-21(22,23)24/h4-9,25,30H,10-11H2,1-3H3,(H,26,27,28). The average molecular weight is 466 g/mol. The first-order chi connectivity index (χ1) is 15.0. The van der Waals surface area contributed by atoms with Crippen molar-refractivity contribution in [2.45, 2.75) is 32.4 Å². The van der Waals surface area contributed by atoms with Crippen molar-refractivity contribution in [1.82, 2.24) is 19.9 Å². The lowest BCUT2D eigenvalue weighted by Crippen LogP contribution is -2.34. The zero-order valence-electron chi connectivity index (χ0n) is 17.6. The van der Waals surface area contributed by atoms with Crippen LogP contribution < -0.4 is 15.4 Å². The number of anilines is 2. The third-order valence-corrected chi connectivity index (χ3v) is 5.58. The lowest BCUT2D eigenvalue weighted by Gasteiger charge is -2.17. The summed E-state index contributed by atoms with van der Waals surface area (Å²) >= 11 is 1.21. The zero-order chi connectivity index (χ0) is 23.1. The van der Waals surface area contributed by atoms with E-state index in [1.54, 1.807) is 13.8 Å². The molecule has 0 bridgehead atoms. The summed E-state index contributed by atoms with van der Waals surface area (Å²) in [4.78, 5) is 9.05. The Morgan fingerprint density at radius 3 is 2.59 bits per heavy atom. The number of hydrogen-bond donors (Lipinski definition) is 3. The molecule has 2 heterocycles. The van der Waals surface area contributed by atoms with Gasteiger partial charge >= 0.3 is 6.36 Å². The highest BCUT2D eigenvalue weighted by molar-refractivity contribution is 7.22. The maximum atomic E-state index is 12.5. The SMILES string of the molecule is Cn1c(Nc2nc3ccc(OC(F)(F)F)cc3s2)nc2cc(CNCC(C)(C)O)ccc21. The highest BCUT2D eigenvalue weighted by Gasteiger charge is 2.31. The smallest absolute Gasteiger partial charge is 0.406 e. The Morgan fingerprint density at radius 1 is 1.09 bits per heavy atom. The molecule has 7 nitrogen and oxygen atoms in total. The molecule has 0 unspecified atom stereocenters. The van der Waals surface area contributed by atoms with Crippen molar-refractivity contribution in [2.24, 2.45) is 7.05 Å². The number of nitrogens with one attached hydrogen (secondary N) is 2. The number of aryl methyl sites for hydroxylation is 1. The molecule has 32 heavy (non-hydrogen) atoms. The summed E-state index contributed by atoms with van der Waals surface area (Å²) < 4.78 is 43.8. The van der Waals surface area contributed by atoms with Gasteiger partial charge in [0.15, 0.2) is 5.13 Å². The van der Waals surface area contributed by atoms with Crippen molar-refractivity contribution in [2.75, 3.05) is 11.9 Å². The molecule has 2 aromatic heterocycles. The molecule has 4 aromatic rings. The van der Waals surface area contributed by atoms with Crippen LogP contribution in [0.1, 0.15) is 19.4 Å².